The van der Waals surface area contributed by atoms with Crippen molar-refractivity contribution < 1.29 is 8.78 Å². The first-order chi connectivity index (χ1) is 9.08. The highest BCUT2D eigenvalue weighted by atomic mass is 19.2. The van der Waals surface area contributed by atoms with Crippen LogP contribution in [0.1, 0.15) is 19.0 Å². The molecule has 19 heavy (non-hydrogen) atoms. The average molecular weight is 265 g/mol. The molecule has 1 aromatic heterocycles. The van der Waals surface area contributed by atoms with Gasteiger partial charge in [0.2, 0.25) is 5.95 Å². The maximum atomic E-state index is 13.1. The third-order valence-electron chi connectivity index (χ3n) is 2.48. The largest absolute Gasteiger partial charge is 0.326 e. The van der Waals surface area contributed by atoms with Crippen LogP contribution in [0, 0.1) is 11.6 Å². The van der Waals surface area contributed by atoms with Crippen molar-refractivity contribution in [3.63, 3.8) is 0 Å². The Kier molecular flexibility index (Phi) is 3.89. The number of benzene rings is 1. The first-order valence-electron chi connectivity index (χ1n) is 5.91. The van der Waals surface area contributed by atoms with E-state index in [-0.39, 0.29) is 11.5 Å². The van der Waals surface area contributed by atoms with Crippen LogP contribution < -0.4 is 10.9 Å². The van der Waals surface area contributed by atoms with E-state index in [1.165, 1.54) is 12.1 Å². The van der Waals surface area contributed by atoms with Gasteiger partial charge in [-0.3, -0.25) is 9.78 Å². The van der Waals surface area contributed by atoms with Gasteiger partial charge in [-0.2, -0.15) is 0 Å². The molecule has 0 spiro atoms. The lowest BCUT2D eigenvalue weighted by molar-refractivity contribution is 0.509. The fourth-order valence-corrected chi connectivity index (χ4v) is 1.66. The number of aromatic nitrogens is 2. The van der Waals surface area contributed by atoms with Crippen LogP contribution in [0.3, 0.4) is 0 Å². The van der Waals surface area contributed by atoms with E-state index < -0.39 is 11.6 Å². The Bertz CT molecular complexity index is 640. The molecule has 1 aromatic carbocycles. The Morgan fingerprint density at radius 2 is 2.05 bits per heavy atom. The van der Waals surface area contributed by atoms with Crippen molar-refractivity contribution in [2.24, 2.45) is 0 Å². The molecule has 4 nitrogen and oxygen atoms in total. The molecule has 0 bridgehead atoms. The van der Waals surface area contributed by atoms with Crippen molar-refractivity contribution in [1.29, 1.82) is 0 Å². The number of hydrogen-bond donors (Lipinski definition) is 2. The number of anilines is 2. The van der Waals surface area contributed by atoms with Gasteiger partial charge in [0.25, 0.3) is 5.56 Å². The molecule has 1 heterocycles. The minimum absolute atomic E-state index is 0.210. The molecule has 0 aliphatic heterocycles. The molecular formula is C13H13F2N3O. The van der Waals surface area contributed by atoms with E-state index in [0.29, 0.717) is 17.8 Å². The Labute approximate surface area is 108 Å². The van der Waals surface area contributed by atoms with E-state index in [4.69, 9.17) is 0 Å². The number of rotatable bonds is 4. The fraction of sp³-hybridized carbons (Fsp3) is 0.231. The summed E-state index contributed by atoms with van der Waals surface area (Å²) in [6.07, 6.45) is 1.54. The second-order valence-electron chi connectivity index (χ2n) is 4.09. The maximum Gasteiger partial charge on any atom is 0.252 e. The lowest BCUT2D eigenvalue weighted by atomic mass is 10.2. The van der Waals surface area contributed by atoms with Crippen molar-refractivity contribution in [2.45, 2.75) is 19.8 Å². The molecule has 2 aromatic rings. The molecule has 0 atom stereocenters. The minimum Gasteiger partial charge on any atom is -0.326 e. The van der Waals surface area contributed by atoms with Crippen LogP contribution in [0.15, 0.2) is 29.1 Å². The normalized spacial score (nSPS) is 10.5. The van der Waals surface area contributed by atoms with Crippen LogP contribution in [0.25, 0.3) is 0 Å². The molecule has 2 N–H and O–H groups in total. The van der Waals surface area contributed by atoms with Crippen LogP contribution in [0.5, 0.6) is 0 Å². The Morgan fingerprint density at radius 1 is 1.26 bits per heavy atom. The quantitative estimate of drug-likeness (QED) is 0.893. The molecule has 0 unspecified atom stereocenters. The smallest absolute Gasteiger partial charge is 0.252 e. The summed E-state index contributed by atoms with van der Waals surface area (Å²) in [6.45, 7) is 1.98. The standard InChI is InChI=1S/C13H13F2N3O/c1-2-3-8-7-12(19)18-13(16-8)17-9-4-5-10(14)11(15)6-9/h4-7H,2-3H2,1H3,(H2,16,17,18,19). The van der Waals surface area contributed by atoms with E-state index in [1.807, 2.05) is 6.92 Å². The first-order valence-corrected chi connectivity index (χ1v) is 5.91. The predicted octanol–water partition coefficient (Wildman–Crippen LogP) is 2.74. The van der Waals surface area contributed by atoms with Gasteiger partial charge in [-0.1, -0.05) is 13.3 Å². The second-order valence-corrected chi connectivity index (χ2v) is 4.09. The van der Waals surface area contributed by atoms with E-state index in [2.05, 4.69) is 15.3 Å². The summed E-state index contributed by atoms with van der Waals surface area (Å²) in [5, 5.41) is 2.74. The maximum absolute atomic E-state index is 13.1. The predicted molar refractivity (Wildman–Crippen MR) is 68.5 cm³/mol. The number of aryl methyl sites for hydroxylation is 1. The van der Waals surface area contributed by atoms with Gasteiger partial charge in [0.1, 0.15) is 0 Å². The highest BCUT2D eigenvalue weighted by Crippen LogP contribution is 2.16. The summed E-state index contributed by atoms with van der Waals surface area (Å²) >= 11 is 0. The molecule has 100 valence electrons. The number of nitrogens with zero attached hydrogens (tertiary/aromatic N) is 1. The molecule has 0 aliphatic carbocycles. The highest BCUT2D eigenvalue weighted by molar-refractivity contribution is 5.53. The van der Waals surface area contributed by atoms with Crippen LogP contribution >= 0.6 is 0 Å². The number of H-pyrrole nitrogens is 1. The third-order valence-corrected chi connectivity index (χ3v) is 2.48. The lowest BCUT2D eigenvalue weighted by Gasteiger charge is -2.07. The summed E-state index contributed by atoms with van der Waals surface area (Å²) in [4.78, 5) is 18.1. The lowest BCUT2D eigenvalue weighted by Crippen LogP contribution is -2.12. The molecule has 2 rings (SSSR count). The van der Waals surface area contributed by atoms with Crippen molar-refractivity contribution in [2.75, 3.05) is 5.32 Å². The Morgan fingerprint density at radius 3 is 2.74 bits per heavy atom. The summed E-state index contributed by atoms with van der Waals surface area (Å²) in [5.41, 5.74) is 0.676. The Balaban J connectivity index is 2.27. The third kappa shape index (κ3) is 3.37. The molecule has 0 amide bonds. The monoisotopic (exact) mass is 265 g/mol. The molecular weight excluding hydrogens is 252 g/mol. The summed E-state index contributed by atoms with van der Waals surface area (Å²) < 4.78 is 25.8. The topological polar surface area (TPSA) is 57.8 Å². The van der Waals surface area contributed by atoms with Gasteiger partial charge < -0.3 is 5.32 Å². The molecule has 0 fully saturated rings. The first kappa shape index (κ1) is 13.2. The van der Waals surface area contributed by atoms with Crippen molar-refractivity contribution >= 4 is 11.6 Å². The number of nitrogens with one attached hydrogen (secondary N) is 2. The summed E-state index contributed by atoms with van der Waals surface area (Å²) in [5.74, 6) is -1.68. The van der Waals surface area contributed by atoms with Crippen LogP contribution in [-0.2, 0) is 6.42 Å². The zero-order valence-electron chi connectivity index (χ0n) is 10.3. The molecule has 6 heteroatoms. The van der Waals surface area contributed by atoms with E-state index in [9.17, 15) is 13.6 Å². The van der Waals surface area contributed by atoms with Crippen molar-refractivity contribution in [3.05, 3.63) is 51.9 Å². The van der Waals surface area contributed by atoms with Gasteiger partial charge in [0.15, 0.2) is 11.6 Å². The average Bonchev–Trinajstić information content (AvgIpc) is 2.33. The van der Waals surface area contributed by atoms with Crippen molar-refractivity contribution in [1.82, 2.24) is 9.97 Å². The molecule has 0 radical (unpaired) electrons. The Hall–Kier alpha value is -2.24. The minimum atomic E-state index is -0.961. The van der Waals surface area contributed by atoms with Crippen LogP contribution in [0.2, 0.25) is 0 Å². The number of hydrogen-bond acceptors (Lipinski definition) is 3. The van der Waals surface area contributed by atoms with Crippen LogP contribution in [0.4, 0.5) is 20.4 Å². The molecule has 0 aliphatic rings. The van der Waals surface area contributed by atoms with E-state index >= 15 is 0 Å². The highest BCUT2D eigenvalue weighted by Gasteiger charge is 2.05. The SMILES string of the molecule is CCCc1cc(=O)[nH]c(Nc2ccc(F)c(F)c2)n1. The van der Waals surface area contributed by atoms with Gasteiger partial charge in [-0.05, 0) is 18.6 Å². The van der Waals surface area contributed by atoms with Gasteiger partial charge in [-0.25, -0.2) is 13.8 Å². The second kappa shape index (κ2) is 5.60. The summed E-state index contributed by atoms with van der Waals surface area (Å²) in [7, 11) is 0. The zero-order valence-corrected chi connectivity index (χ0v) is 10.3. The van der Waals surface area contributed by atoms with Gasteiger partial charge in [0.05, 0.1) is 0 Å². The molecule has 0 saturated heterocycles. The fourth-order valence-electron chi connectivity index (χ4n) is 1.66. The van der Waals surface area contributed by atoms with Gasteiger partial charge >= 0.3 is 0 Å². The number of halogens is 2. The zero-order chi connectivity index (χ0) is 13.8. The summed E-state index contributed by atoms with van der Waals surface area (Å²) in [6, 6.07) is 4.79. The van der Waals surface area contributed by atoms with Gasteiger partial charge in [0, 0.05) is 23.5 Å². The van der Waals surface area contributed by atoms with Gasteiger partial charge in [-0.15, -0.1) is 0 Å². The number of aromatic amines is 1. The van der Waals surface area contributed by atoms with Crippen molar-refractivity contribution in [3.8, 4) is 0 Å². The van der Waals surface area contributed by atoms with E-state index in [0.717, 1.165) is 18.6 Å². The van der Waals surface area contributed by atoms with Crippen LogP contribution in [-0.4, -0.2) is 9.97 Å². The molecule has 0 saturated carbocycles. The van der Waals surface area contributed by atoms with E-state index in [1.54, 1.807) is 0 Å².